The van der Waals surface area contributed by atoms with E-state index < -0.39 is 5.97 Å². The summed E-state index contributed by atoms with van der Waals surface area (Å²) in [6.45, 7) is 10.3. The lowest BCUT2D eigenvalue weighted by molar-refractivity contribution is -0.140. The quantitative estimate of drug-likeness (QED) is 0.403. The zero-order valence-electron chi connectivity index (χ0n) is 12.7. The lowest BCUT2D eigenvalue weighted by Crippen LogP contribution is -2.43. The number of hydrazine groups is 1. The van der Waals surface area contributed by atoms with Gasteiger partial charge >= 0.3 is 5.97 Å². The topological polar surface area (TPSA) is 83.6 Å². The first-order valence-electron chi connectivity index (χ1n) is 6.92. The highest BCUT2D eigenvalue weighted by molar-refractivity contribution is 5.75. The maximum absolute atomic E-state index is 11.8. The molecule has 3 N–H and O–H groups in total. The van der Waals surface area contributed by atoms with Gasteiger partial charge in [-0.25, -0.2) is 5.84 Å². The van der Waals surface area contributed by atoms with Crippen LogP contribution in [-0.4, -0.2) is 28.5 Å². The van der Waals surface area contributed by atoms with Crippen molar-refractivity contribution in [1.29, 1.82) is 0 Å². The van der Waals surface area contributed by atoms with Gasteiger partial charge in [0.1, 0.15) is 0 Å². The number of nitrogens with zero attached hydrogens (tertiary/aromatic N) is 1. The van der Waals surface area contributed by atoms with Gasteiger partial charge in [-0.15, -0.1) is 0 Å². The van der Waals surface area contributed by atoms with E-state index in [-0.39, 0.29) is 30.1 Å². The van der Waals surface area contributed by atoms with Gasteiger partial charge in [-0.1, -0.05) is 34.6 Å². The van der Waals surface area contributed by atoms with Gasteiger partial charge in [0.15, 0.2) is 0 Å². The molecule has 0 saturated carbocycles. The molecule has 0 bridgehead atoms. The fourth-order valence-electron chi connectivity index (χ4n) is 2.01. The van der Waals surface area contributed by atoms with E-state index in [1.807, 2.05) is 20.8 Å². The zero-order chi connectivity index (χ0) is 15.2. The Kier molecular flexibility index (Phi) is 7.68. The molecule has 0 aliphatic rings. The summed E-state index contributed by atoms with van der Waals surface area (Å²) >= 11 is 0. The van der Waals surface area contributed by atoms with Gasteiger partial charge in [-0.3, -0.25) is 14.6 Å². The molecule has 19 heavy (non-hydrogen) atoms. The number of hydrogen-bond donors (Lipinski definition) is 2. The summed E-state index contributed by atoms with van der Waals surface area (Å²) in [4.78, 5) is 22.7. The minimum atomic E-state index is -0.845. The third-order valence-corrected chi connectivity index (χ3v) is 3.57. The summed E-state index contributed by atoms with van der Waals surface area (Å²) in [6, 6.07) is 0. The van der Waals surface area contributed by atoms with Gasteiger partial charge in [0.2, 0.25) is 5.91 Å². The van der Waals surface area contributed by atoms with Gasteiger partial charge < -0.3 is 5.11 Å². The summed E-state index contributed by atoms with van der Waals surface area (Å²) in [6.07, 6.45) is 0.439. The highest BCUT2D eigenvalue weighted by atomic mass is 16.4. The van der Waals surface area contributed by atoms with Crippen molar-refractivity contribution in [2.45, 2.75) is 47.5 Å². The lowest BCUT2D eigenvalue weighted by Gasteiger charge is -2.29. The second-order valence-corrected chi connectivity index (χ2v) is 6.11. The molecule has 5 nitrogen and oxygen atoms in total. The third kappa shape index (κ3) is 7.15. The first kappa shape index (κ1) is 17.9. The Morgan fingerprint density at radius 1 is 1.11 bits per heavy atom. The van der Waals surface area contributed by atoms with Crippen LogP contribution in [0.25, 0.3) is 0 Å². The number of carbonyl (C=O) groups is 2. The number of nitrogens with two attached hydrogens (primary N) is 1. The number of carboxylic acids is 1. The average molecular weight is 272 g/mol. The van der Waals surface area contributed by atoms with Crippen LogP contribution in [0, 0.1) is 23.7 Å². The summed E-state index contributed by atoms with van der Waals surface area (Å²) in [5.41, 5.74) is 0. The molecule has 1 amide bonds. The predicted octanol–water partition coefficient (Wildman–Crippen LogP) is 2.12. The van der Waals surface area contributed by atoms with Crippen LogP contribution in [0.15, 0.2) is 0 Å². The van der Waals surface area contributed by atoms with Crippen molar-refractivity contribution in [3.8, 4) is 0 Å². The Morgan fingerprint density at radius 3 is 2.00 bits per heavy atom. The highest BCUT2D eigenvalue weighted by Crippen LogP contribution is 2.24. The van der Waals surface area contributed by atoms with Crippen LogP contribution in [-0.2, 0) is 9.59 Å². The van der Waals surface area contributed by atoms with E-state index >= 15 is 0 Å². The SMILES string of the molecule is CC(C)CC(=O)N(N)CC(CC(=O)O)C(C)C(C)C. The molecule has 2 unspecified atom stereocenters. The van der Waals surface area contributed by atoms with Crippen molar-refractivity contribution in [2.75, 3.05) is 6.54 Å². The molecule has 0 fully saturated rings. The minimum absolute atomic E-state index is 0.0437. The number of aliphatic carboxylic acids is 1. The van der Waals surface area contributed by atoms with Crippen LogP contribution in [0.3, 0.4) is 0 Å². The third-order valence-electron chi connectivity index (χ3n) is 3.57. The first-order chi connectivity index (χ1) is 8.65. The molecule has 0 heterocycles. The Labute approximate surface area is 116 Å². The lowest BCUT2D eigenvalue weighted by atomic mass is 9.82. The van der Waals surface area contributed by atoms with Crippen molar-refractivity contribution in [3.63, 3.8) is 0 Å². The Balaban J connectivity index is 4.62. The van der Waals surface area contributed by atoms with Gasteiger partial charge in [0.05, 0.1) is 6.42 Å². The van der Waals surface area contributed by atoms with Gasteiger partial charge in [0.25, 0.3) is 0 Å². The summed E-state index contributed by atoms with van der Waals surface area (Å²) < 4.78 is 0. The van der Waals surface area contributed by atoms with Crippen molar-refractivity contribution in [2.24, 2.45) is 29.5 Å². The highest BCUT2D eigenvalue weighted by Gasteiger charge is 2.26. The Bertz CT molecular complexity index is 303. The molecule has 0 rings (SSSR count). The largest absolute Gasteiger partial charge is 0.481 e. The molecule has 0 aromatic rings. The average Bonchev–Trinajstić information content (AvgIpc) is 2.25. The molecular formula is C14H28N2O3. The van der Waals surface area contributed by atoms with Crippen LogP contribution in [0.4, 0.5) is 0 Å². The normalized spacial score (nSPS) is 14.5. The van der Waals surface area contributed by atoms with E-state index in [1.54, 1.807) is 0 Å². The van der Waals surface area contributed by atoms with Gasteiger partial charge in [-0.2, -0.15) is 0 Å². The molecule has 0 saturated heterocycles. The second-order valence-electron chi connectivity index (χ2n) is 6.11. The van der Waals surface area contributed by atoms with E-state index in [0.717, 1.165) is 0 Å². The molecule has 2 atom stereocenters. The zero-order valence-corrected chi connectivity index (χ0v) is 12.7. The summed E-state index contributed by atoms with van der Waals surface area (Å²) in [5, 5.41) is 10.2. The fraction of sp³-hybridized carbons (Fsp3) is 0.857. The van der Waals surface area contributed by atoms with Crippen LogP contribution < -0.4 is 5.84 Å². The number of hydrogen-bond acceptors (Lipinski definition) is 3. The molecule has 0 aliphatic carbocycles. The van der Waals surface area contributed by atoms with Crippen molar-refractivity contribution < 1.29 is 14.7 Å². The second kappa shape index (κ2) is 8.15. The smallest absolute Gasteiger partial charge is 0.303 e. The fourth-order valence-corrected chi connectivity index (χ4v) is 2.01. The van der Waals surface area contributed by atoms with E-state index in [2.05, 4.69) is 13.8 Å². The minimum Gasteiger partial charge on any atom is -0.481 e. The maximum Gasteiger partial charge on any atom is 0.303 e. The van der Waals surface area contributed by atoms with Crippen LogP contribution in [0.1, 0.15) is 47.5 Å². The van der Waals surface area contributed by atoms with Crippen molar-refractivity contribution in [1.82, 2.24) is 5.01 Å². The summed E-state index contributed by atoms with van der Waals surface area (Å²) in [5.74, 6) is 5.50. The van der Waals surface area contributed by atoms with E-state index in [1.165, 1.54) is 5.01 Å². The monoisotopic (exact) mass is 272 g/mol. The maximum atomic E-state index is 11.8. The van der Waals surface area contributed by atoms with Gasteiger partial charge in [-0.05, 0) is 23.7 Å². The number of rotatable bonds is 8. The van der Waals surface area contributed by atoms with E-state index in [0.29, 0.717) is 18.9 Å². The number of amides is 1. The molecule has 0 aromatic carbocycles. The molecular weight excluding hydrogens is 244 g/mol. The first-order valence-corrected chi connectivity index (χ1v) is 6.92. The number of carboxylic acid groups (broad SMARTS) is 1. The van der Waals surface area contributed by atoms with Crippen LogP contribution in [0.5, 0.6) is 0 Å². The Hall–Kier alpha value is -1.10. The molecule has 0 aromatic heterocycles. The summed E-state index contributed by atoms with van der Waals surface area (Å²) in [7, 11) is 0. The van der Waals surface area contributed by atoms with Crippen molar-refractivity contribution >= 4 is 11.9 Å². The van der Waals surface area contributed by atoms with E-state index in [9.17, 15) is 9.59 Å². The molecule has 0 spiro atoms. The molecule has 112 valence electrons. The van der Waals surface area contributed by atoms with Gasteiger partial charge in [0, 0.05) is 13.0 Å². The predicted molar refractivity (Wildman–Crippen MR) is 75.1 cm³/mol. The van der Waals surface area contributed by atoms with Crippen LogP contribution in [0.2, 0.25) is 0 Å². The molecule has 0 radical (unpaired) electrons. The van der Waals surface area contributed by atoms with Crippen molar-refractivity contribution in [3.05, 3.63) is 0 Å². The molecule has 5 heteroatoms. The van der Waals surface area contributed by atoms with Crippen LogP contribution >= 0.6 is 0 Å². The Morgan fingerprint density at radius 2 is 1.63 bits per heavy atom. The number of carbonyl (C=O) groups excluding carboxylic acids is 1. The standard InChI is InChI=1S/C14H28N2O3/c1-9(2)6-13(17)16(15)8-12(7-14(18)19)11(5)10(3)4/h9-12H,6-8,15H2,1-5H3,(H,18,19). The molecule has 0 aliphatic heterocycles. The van der Waals surface area contributed by atoms with E-state index in [4.69, 9.17) is 10.9 Å².